The van der Waals surface area contributed by atoms with Gasteiger partial charge in [0.2, 0.25) is 11.8 Å². The molecule has 0 radical (unpaired) electrons. The van der Waals surface area contributed by atoms with Gasteiger partial charge in [-0.3, -0.25) is 0 Å². The van der Waals surface area contributed by atoms with Crippen LogP contribution in [0.15, 0.2) is 4.42 Å². The molecular weight excluding hydrogens is 178 g/mol. The zero-order chi connectivity index (χ0) is 10.1. The summed E-state index contributed by atoms with van der Waals surface area (Å²) in [4.78, 5) is 0. The molecule has 1 saturated heterocycles. The van der Waals surface area contributed by atoms with E-state index in [4.69, 9.17) is 4.42 Å². The normalized spacial score (nSPS) is 33.2. The van der Waals surface area contributed by atoms with E-state index >= 15 is 0 Å². The third kappa shape index (κ3) is 1.95. The zero-order valence-electron chi connectivity index (χ0n) is 8.95. The minimum atomic E-state index is 0.433. The van der Waals surface area contributed by atoms with Crippen LogP contribution >= 0.6 is 0 Å². The third-order valence-corrected chi connectivity index (χ3v) is 2.74. The first-order valence-electron chi connectivity index (χ1n) is 5.21. The zero-order valence-corrected chi connectivity index (χ0v) is 8.95. The Bertz CT molecular complexity index is 300. The molecule has 1 N–H and O–H groups in total. The van der Waals surface area contributed by atoms with E-state index in [9.17, 15) is 0 Å². The van der Waals surface area contributed by atoms with E-state index < -0.39 is 0 Å². The second-order valence-corrected chi connectivity index (χ2v) is 4.30. The van der Waals surface area contributed by atoms with Gasteiger partial charge in [0.1, 0.15) is 0 Å². The molecule has 0 spiro atoms. The Morgan fingerprint density at radius 3 is 2.36 bits per heavy atom. The first-order valence-corrected chi connectivity index (χ1v) is 5.21. The van der Waals surface area contributed by atoms with E-state index in [2.05, 4.69) is 29.4 Å². The van der Waals surface area contributed by atoms with Crippen LogP contribution in [0.4, 0.5) is 0 Å². The second-order valence-electron chi connectivity index (χ2n) is 4.30. The van der Waals surface area contributed by atoms with Gasteiger partial charge in [0.05, 0.1) is 0 Å². The summed E-state index contributed by atoms with van der Waals surface area (Å²) >= 11 is 0. The lowest BCUT2D eigenvalue weighted by Gasteiger charge is -2.30. The third-order valence-electron chi connectivity index (χ3n) is 2.74. The van der Waals surface area contributed by atoms with Gasteiger partial charge in [-0.15, -0.1) is 10.2 Å². The molecule has 0 bridgehead atoms. The van der Waals surface area contributed by atoms with Gasteiger partial charge in [0, 0.05) is 24.9 Å². The molecule has 0 aliphatic carbocycles. The summed E-state index contributed by atoms with van der Waals surface area (Å²) in [5, 5.41) is 11.5. The minimum absolute atomic E-state index is 0.433. The van der Waals surface area contributed by atoms with Crippen molar-refractivity contribution in [3.63, 3.8) is 0 Å². The predicted molar refractivity (Wildman–Crippen MR) is 53.1 cm³/mol. The Labute approximate surface area is 84.1 Å². The van der Waals surface area contributed by atoms with Gasteiger partial charge in [-0.25, -0.2) is 0 Å². The minimum Gasteiger partial charge on any atom is -0.425 e. The molecule has 0 amide bonds. The van der Waals surface area contributed by atoms with Crippen molar-refractivity contribution in [2.75, 3.05) is 0 Å². The number of hydrogen-bond acceptors (Lipinski definition) is 4. The summed E-state index contributed by atoms with van der Waals surface area (Å²) < 4.78 is 5.47. The number of nitrogens with one attached hydrogen (secondary N) is 1. The number of rotatable bonds is 1. The fraction of sp³-hybridized carbons (Fsp3) is 0.800. The molecule has 1 aliphatic rings. The second kappa shape index (κ2) is 3.69. The maximum Gasteiger partial charge on any atom is 0.219 e. The van der Waals surface area contributed by atoms with Crippen LogP contribution in [0.5, 0.6) is 0 Å². The van der Waals surface area contributed by atoms with E-state index in [1.165, 1.54) is 0 Å². The highest BCUT2D eigenvalue weighted by Crippen LogP contribution is 2.28. The SMILES string of the molecule is Cc1nnc(C2CC(C)NC(C)C2)o1. The van der Waals surface area contributed by atoms with Gasteiger partial charge in [-0.2, -0.15) is 0 Å². The summed E-state index contributed by atoms with van der Waals surface area (Å²) in [6.07, 6.45) is 2.18. The Kier molecular flexibility index (Phi) is 2.54. The molecule has 2 atom stereocenters. The van der Waals surface area contributed by atoms with Crippen molar-refractivity contribution in [3.05, 3.63) is 11.8 Å². The van der Waals surface area contributed by atoms with Crippen molar-refractivity contribution in [2.24, 2.45) is 0 Å². The van der Waals surface area contributed by atoms with Gasteiger partial charge >= 0.3 is 0 Å². The van der Waals surface area contributed by atoms with Gasteiger partial charge in [-0.1, -0.05) is 0 Å². The molecule has 0 saturated carbocycles. The van der Waals surface area contributed by atoms with E-state index in [1.807, 2.05) is 6.92 Å². The van der Waals surface area contributed by atoms with Crippen molar-refractivity contribution in [1.29, 1.82) is 0 Å². The fourth-order valence-electron chi connectivity index (χ4n) is 2.25. The number of nitrogens with zero attached hydrogens (tertiary/aromatic N) is 2. The number of piperidine rings is 1. The first-order chi connectivity index (χ1) is 6.65. The van der Waals surface area contributed by atoms with Crippen LogP contribution in [0.3, 0.4) is 0 Å². The van der Waals surface area contributed by atoms with Crippen LogP contribution in [0.25, 0.3) is 0 Å². The van der Waals surface area contributed by atoms with Crippen LogP contribution in [0.2, 0.25) is 0 Å². The molecule has 2 rings (SSSR count). The molecule has 2 heterocycles. The van der Waals surface area contributed by atoms with Crippen LogP contribution in [0, 0.1) is 6.92 Å². The molecule has 1 aromatic heterocycles. The molecule has 78 valence electrons. The summed E-state index contributed by atoms with van der Waals surface area (Å²) in [5.41, 5.74) is 0. The molecule has 1 aliphatic heterocycles. The Balaban J connectivity index is 2.10. The molecule has 1 fully saturated rings. The van der Waals surface area contributed by atoms with Gasteiger partial charge in [0.25, 0.3) is 0 Å². The Morgan fingerprint density at radius 1 is 1.21 bits per heavy atom. The molecule has 0 aromatic carbocycles. The molecule has 1 aromatic rings. The topological polar surface area (TPSA) is 51.0 Å². The van der Waals surface area contributed by atoms with Crippen LogP contribution < -0.4 is 5.32 Å². The summed E-state index contributed by atoms with van der Waals surface area (Å²) in [6.45, 7) is 6.24. The smallest absolute Gasteiger partial charge is 0.219 e. The largest absolute Gasteiger partial charge is 0.425 e. The lowest BCUT2D eigenvalue weighted by atomic mass is 9.89. The molecule has 2 unspecified atom stereocenters. The first kappa shape index (κ1) is 9.65. The fourth-order valence-corrected chi connectivity index (χ4v) is 2.25. The molecule has 14 heavy (non-hydrogen) atoms. The summed E-state index contributed by atoms with van der Waals surface area (Å²) in [5.74, 6) is 1.91. The van der Waals surface area contributed by atoms with Gasteiger partial charge in [0.15, 0.2) is 0 Å². The van der Waals surface area contributed by atoms with Crippen molar-refractivity contribution in [1.82, 2.24) is 15.5 Å². The number of aryl methyl sites for hydroxylation is 1. The summed E-state index contributed by atoms with van der Waals surface area (Å²) in [7, 11) is 0. The molecular formula is C10H17N3O. The van der Waals surface area contributed by atoms with Crippen molar-refractivity contribution < 1.29 is 4.42 Å². The van der Waals surface area contributed by atoms with E-state index in [0.29, 0.717) is 23.9 Å². The monoisotopic (exact) mass is 195 g/mol. The Hall–Kier alpha value is -0.900. The average Bonchev–Trinajstić information content (AvgIpc) is 2.50. The Morgan fingerprint density at radius 2 is 1.86 bits per heavy atom. The number of hydrogen-bond donors (Lipinski definition) is 1. The lowest BCUT2D eigenvalue weighted by Crippen LogP contribution is -2.41. The van der Waals surface area contributed by atoms with Gasteiger partial charge in [-0.05, 0) is 26.7 Å². The highest BCUT2D eigenvalue weighted by Gasteiger charge is 2.27. The van der Waals surface area contributed by atoms with Crippen LogP contribution in [0.1, 0.15) is 44.4 Å². The number of aromatic nitrogens is 2. The van der Waals surface area contributed by atoms with Crippen LogP contribution in [-0.2, 0) is 0 Å². The molecule has 4 heteroatoms. The van der Waals surface area contributed by atoms with E-state index in [0.717, 1.165) is 18.7 Å². The maximum absolute atomic E-state index is 5.47. The van der Waals surface area contributed by atoms with Gasteiger partial charge < -0.3 is 9.73 Å². The predicted octanol–water partition coefficient (Wildman–Crippen LogP) is 1.62. The quantitative estimate of drug-likeness (QED) is 0.739. The van der Waals surface area contributed by atoms with E-state index in [1.54, 1.807) is 0 Å². The lowest BCUT2D eigenvalue weighted by molar-refractivity contribution is 0.280. The van der Waals surface area contributed by atoms with E-state index in [-0.39, 0.29) is 0 Å². The van der Waals surface area contributed by atoms with Crippen LogP contribution in [-0.4, -0.2) is 22.3 Å². The summed E-state index contributed by atoms with van der Waals surface area (Å²) in [6, 6.07) is 1.08. The standard InChI is InChI=1S/C10H17N3O/c1-6-4-9(5-7(2)11-6)10-13-12-8(3)14-10/h6-7,9,11H,4-5H2,1-3H3. The molecule has 4 nitrogen and oxygen atoms in total. The van der Waals surface area contributed by atoms with Crippen molar-refractivity contribution in [2.45, 2.75) is 51.6 Å². The highest BCUT2D eigenvalue weighted by atomic mass is 16.4. The average molecular weight is 195 g/mol. The maximum atomic E-state index is 5.47. The van der Waals surface area contributed by atoms with Crippen molar-refractivity contribution >= 4 is 0 Å². The van der Waals surface area contributed by atoms with Crippen molar-refractivity contribution in [3.8, 4) is 0 Å². The highest BCUT2D eigenvalue weighted by molar-refractivity contribution is 4.97.